The van der Waals surface area contributed by atoms with E-state index in [2.05, 4.69) is 10.4 Å². The van der Waals surface area contributed by atoms with Gasteiger partial charge < -0.3 is 19.7 Å². The summed E-state index contributed by atoms with van der Waals surface area (Å²) in [5, 5.41) is 7.10. The summed E-state index contributed by atoms with van der Waals surface area (Å²) in [6.07, 6.45) is -1.11. The molecule has 0 radical (unpaired) electrons. The number of ether oxygens (including phenoxy) is 2. The van der Waals surface area contributed by atoms with E-state index in [9.17, 15) is 26.8 Å². The Hall–Kier alpha value is -3.26. The van der Waals surface area contributed by atoms with Gasteiger partial charge in [0.05, 0.1) is 19.1 Å². The summed E-state index contributed by atoms with van der Waals surface area (Å²) < 4.78 is 65.7. The van der Waals surface area contributed by atoms with Gasteiger partial charge in [-0.15, -0.1) is 0 Å². The number of benzene rings is 1. The van der Waals surface area contributed by atoms with Crippen molar-refractivity contribution in [2.45, 2.75) is 31.4 Å². The van der Waals surface area contributed by atoms with Crippen LogP contribution in [-0.4, -0.2) is 84.9 Å². The van der Waals surface area contributed by atoms with Gasteiger partial charge in [0.2, 0.25) is 10.0 Å². The first-order valence-corrected chi connectivity index (χ1v) is 13.5. The number of sulfonamides is 1. The Kier molecular flexibility index (Phi) is 7.42. The van der Waals surface area contributed by atoms with Gasteiger partial charge in [-0.2, -0.15) is 18.2 Å². The number of para-hydroxylation sites is 1. The third-order valence-electron chi connectivity index (χ3n) is 6.31. The Balaban J connectivity index is 1.42. The van der Waals surface area contributed by atoms with Gasteiger partial charge >= 0.3 is 12.0 Å². The van der Waals surface area contributed by atoms with Crippen LogP contribution in [0.3, 0.4) is 0 Å². The zero-order valence-corrected chi connectivity index (χ0v) is 21.6. The van der Waals surface area contributed by atoms with Gasteiger partial charge in [-0.05, 0) is 25.0 Å². The molecule has 1 aromatic heterocycles. The van der Waals surface area contributed by atoms with Crippen LogP contribution in [0.1, 0.15) is 40.5 Å². The van der Waals surface area contributed by atoms with Crippen molar-refractivity contribution in [2.75, 3.05) is 39.5 Å². The minimum absolute atomic E-state index is 0.0455. The first kappa shape index (κ1) is 26.8. The van der Waals surface area contributed by atoms with Crippen LogP contribution in [0.2, 0.25) is 0 Å². The molecule has 0 unspecified atom stereocenters. The van der Waals surface area contributed by atoms with Crippen LogP contribution in [0.15, 0.2) is 24.3 Å². The topological polar surface area (TPSA) is 123 Å². The van der Waals surface area contributed by atoms with Gasteiger partial charge in [-0.25, -0.2) is 8.42 Å². The van der Waals surface area contributed by atoms with Crippen molar-refractivity contribution in [3.8, 4) is 11.5 Å². The smallest absolute Gasteiger partial charge is 0.482 e. The van der Waals surface area contributed by atoms with Crippen LogP contribution >= 0.6 is 0 Å². The Morgan fingerprint density at radius 1 is 1.19 bits per heavy atom. The third kappa shape index (κ3) is 6.01. The highest BCUT2D eigenvalue weighted by Gasteiger charge is 2.47. The number of amides is 2. The number of rotatable bonds is 9. The second kappa shape index (κ2) is 10.2. The molecule has 2 amide bonds. The average molecular weight is 542 g/mol. The summed E-state index contributed by atoms with van der Waals surface area (Å²) in [4.78, 5) is 26.1. The quantitative estimate of drug-likeness (QED) is 0.508. The SMILES string of the molecule is COc1c(CNC(=O)c2cc(C3CC3)nn2C)cccc1OC(F)(F)C(=O)N1CCN(S(C)(=O)=O)CC1. The highest BCUT2D eigenvalue weighted by atomic mass is 32.2. The van der Waals surface area contributed by atoms with Crippen molar-refractivity contribution in [3.63, 3.8) is 0 Å². The molecular weight excluding hydrogens is 512 g/mol. The van der Waals surface area contributed by atoms with E-state index in [1.165, 1.54) is 23.9 Å². The molecule has 1 aromatic carbocycles. The maximum Gasteiger partial charge on any atom is 0.482 e. The fourth-order valence-corrected chi connectivity index (χ4v) is 4.97. The predicted molar refractivity (Wildman–Crippen MR) is 128 cm³/mol. The van der Waals surface area contributed by atoms with E-state index in [1.807, 2.05) is 0 Å². The number of nitrogens with zero attached hydrogens (tertiary/aromatic N) is 4. The van der Waals surface area contributed by atoms with Crippen molar-refractivity contribution in [3.05, 3.63) is 41.2 Å². The molecule has 14 heteroatoms. The number of carbonyl (C=O) groups is 2. The van der Waals surface area contributed by atoms with E-state index in [1.54, 1.807) is 19.2 Å². The van der Waals surface area contributed by atoms with E-state index in [4.69, 9.17) is 9.47 Å². The minimum Gasteiger partial charge on any atom is -0.492 e. The maximum absolute atomic E-state index is 14.8. The van der Waals surface area contributed by atoms with Gasteiger partial charge in [-0.3, -0.25) is 14.3 Å². The predicted octanol–water partition coefficient (Wildman–Crippen LogP) is 1.31. The summed E-state index contributed by atoms with van der Waals surface area (Å²) in [6.45, 7) is -0.596. The van der Waals surface area contributed by atoms with Crippen LogP contribution in [0.5, 0.6) is 11.5 Å². The Morgan fingerprint density at radius 3 is 2.46 bits per heavy atom. The standard InChI is InChI=1S/C23H29F2N5O6S/c1-28-18(13-17(27-28)15-7-8-15)21(31)26-14-16-5-4-6-19(20(16)35-2)36-23(24,25)22(32)29-9-11-30(12-10-29)37(3,33)34/h4-6,13,15H,7-12,14H2,1-3H3,(H,26,31). The van der Waals surface area contributed by atoms with E-state index in [0.717, 1.165) is 34.0 Å². The lowest BCUT2D eigenvalue weighted by Gasteiger charge is -2.34. The normalized spacial score (nSPS) is 16.9. The van der Waals surface area contributed by atoms with Crippen LogP contribution < -0.4 is 14.8 Å². The largest absolute Gasteiger partial charge is 0.492 e. The number of methoxy groups -OCH3 is 1. The van der Waals surface area contributed by atoms with E-state index >= 15 is 0 Å². The van der Waals surface area contributed by atoms with Crippen LogP contribution in [-0.2, 0) is 28.4 Å². The monoisotopic (exact) mass is 541 g/mol. The second-order valence-corrected chi connectivity index (χ2v) is 11.0. The van der Waals surface area contributed by atoms with Gasteiger partial charge in [0, 0.05) is 51.3 Å². The number of carbonyl (C=O) groups excluding carboxylic acids is 2. The molecule has 2 aliphatic rings. The molecule has 0 bridgehead atoms. The summed E-state index contributed by atoms with van der Waals surface area (Å²) >= 11 is 0. The number of aromatic nitrogens is 2. The zero-order valence-electron chi connectivity index (χ0n) is 20.7. The summed E-state index contributed by atoms with van der Waals surface area (Å²) in [5.41, 5.74) is 1.61. The Morgan fingerprint density at radius 2 is 1.86 bits per heavy atom. The van der Waals surface area contributed by atoms with E-state index in [-0.39, 0.29) is 50.1 Å². The molecule has 11 nitrogen and oxygen atoms in total. The molecule has 1 saturated carbocycles. The molecule has 1 aliphatic heterocycles. The molecule has 37 heavy (non-hydrogen) atoms. The average Bonchev–Trinajstić information content (AvgIpc) is 3.63. The maximum atomic E-state index is 14.8. The number of hydrogen-bond donors (Lipinski definition) is 1. The molecule has 0 atom stereocenters. The van der Waals surface area contributed by atoms with Crippen LogP contribution in [0, 0.1) is 0 Å². The Bertz CT molecular complexity index is 1290. The first-order valence-electron chi connectivity index (χ1n) is 11.7. The van der Waals surface area contributed by atoms with Gasteiger partial charge in [-0.1, -0.05) is 12.1 Å². The molecule has 2 fully saturated rings. The van der Waals surface area contributed by atoms with E-state index < -0.39 is 22.0 Å². The van der Waals surface area contributed by atoms with Gasteiger partial charge in [0.1, 0.15) is 5.69 Å². The molecule has 1 N–H and O–H groups in total. The fraction of sp³-hybridized carbons (Fsp3) is 0.522. The molecule has 2 heterocycles. The molecule has 4 rings (SSSR count). The van der Waals surface area contributed by atoms with Crippen molar-refractivity contribution in [1.82, 2.24) is 24.3 Å². The highest BCUT2D eigenvalue weighted by Crippen LogP contribution is 2.39. The summed E-state index contributed by atoms with van der Waals surface area (Å²) in [7, 11) is -0.538. The van der Waals surface area contributed by atoms with Gasteiger partial charge in [0.25, 0.3) is 5.91 Å². The molecular formula is C23H29F2N5O6S. The number of halogens is 2. The van der Waals surface area contributed by atoms with Crippen molar-refractivity contribution >= 4 is 21.8 Å². The molecule has 1 aliphatic carbocycles. The summed E-state index contributed by atoms with van der Waals surface area (Å²) in [6, 6.07) is 6.00. The first-order chi connectivity index (χ1) is 17.4. The van der Waals surface area contributed by atoms with E-state index in [0.29, 0.717) is 17.2 Å². The van der Waals surface area contributed by atoms with Crippen molar-refractivity contribution < 1.29 is 36.3 Å². The molecule has 2 aromatic rings. The van der Waals surface area contributed by atoms with Crippen LogP contribution in [0.4, 0.5) is 8.78 Å². The molecule has 202 valence electrons. The number of aryl methyl sites for hydroxylation is 1. The fourth-order valence-electron chi connectivity index (χ4n) is 4.15. The lowest BCUT2D eigenvalue weighted by molar-refractivity contribution is -0.204. The number of hydrogen-bond acceptors (Lipinski definition) is 7. The molecule has 0 spiro atoms. The molecule has 1 saturated heterocycles. The van der Waals surface area contributed by atoms with Crippen molar-refractivity contribution in [2.24, 2.45) is 7.05 Å². The number of nitrogens with one attached hydrogen (secondary N) is 1. The summed E-state index contributed by atoms with van der Waals surface area (Å²) in [5.74, 6) is -2.01. The lowest BCUT2D eigenvalue weighted by atomic mass is 10.1. The number of alkyl halides is 2. The minimum atomic E-state index is -4.23. The number of piperazine rings is 1. The highest BCUT2D eigenvalue weighted by molar-refractivity contribution is 7.88. The van der Waals surface area contributed by atoms with Crippen LogP contribution in [0.25, 0.3) is 0 Å². The zero-order chi connectivity index (χ0) is 27.0. The Labute approximate surface area is 213 Å². The van der Waals surface area contributed by atoms with Gasteiger partial charge in [0.15, 0.2) is 11.5 Å². The third-order valence-corrected chi connectivity index (χ3v) is 7.62. The second-order valence-electron chi connectivity index (χ2n) is 9.06. The lowest BCUT2D eigenvalue weighted by Crippen LogP contribution is -2.55. The van der Waals surface area contributed by atoms with Crippen molar-refractivity contribution in [1.29, 1.82) is 0 Å².